The number of nitrogens with zero attached hydrogens (tertiary/aromatic N) is 2. The molecule has 1 aromatic heterocycles. The van der Waals surface area contributed by atoms with E-state index in [1.807, 2.05) is 90.5 Å². The number of imidazole rings is 1. The average Bonchev–Trinajstić information content (AvgIpc) is 3.19. The van der Waals surface area contributed by atoms with Crippen LogP contribution < -0.4 is 0 Å². The van der Waals surface area contributed by atoms with Gasteiger partial charge in [-0.2, -0.15) is 0 Å². The molecule has 0 bridgehead atoms. The summed E-state index contributed by atoms with van der Waals surface area (Å²) in [5, 5.41) is 1.27. The van der Waals surface area contributed by atoms with Gasteiger partial charge in [-0.15, -0.1) is 0 Å². The van der Waals surface area contributed by atoms with Crippen LogP contribution in [0, 0.1) is 0 Å². The summed E-state index contributed by atoms with van der Waals surface area (Å²) < 4.78 is 1.97. The molecule has 0 spiro atoms. The second-order valence-electron chi connectivity index (χ2n) is 6.60. The highest BCUT2D eigenvalue weighted by Crippen LogP contribution is 2.33. The molecule has 5 heteroatoms. The Morgan fingerprint density at radius 3 is 2.24 bits per heavy atom. The summed E-state index contributed by atoms with van der Waals surface area (Å²) in [6.07, 6.45) is 2.37. The summed E-state index contributed by atoms with van der Waals surface area (Å²) >= 11 is 12.5. The Morgan fingerprint density at radius 1 is 0.897 bits per heavy atom. The Morgan fingerprint density at radius 2 is 1.55 bits per heavy atom. The Bertz CT molecular complexity index is 1180. The normalized spacial score (nSPS) is 10.9. The van der Waals surface area contributed by atoms with Gasteiger partial charge in [0.05, 0.1) is 10.7 Å². The molecule has 0 N–H and O–H groups in total. The van der Waals surface area contributed by atoms with Crippen molar-refractivity contribution >= 4 is 29.0 Å². The van der Waals surface area contributed by atoms with E-state index in [0.29, 0.717) is 33.5 Å². The molecule has 144 valence electrons. The Balaban J connectivity index is 1.95. The molecular formula is C24H18Cl2N2O. The lowest BCUT2D eigenvalue weighted by Crippen LogP contribution is -1.99. The number of halogens is 2. The monoisotopic (exact) mass is 420 g/mol. The van der Waals surface area contributed by atoms with E-state index in [0.717, 1.165) is 16.8 Å². The number of hydrogen-bond donors (Lipinski definition) is 0. The maximum Gasteiger partial charge on any atom is 0.163 e. The van der Waals surface area contributed by atoms with Crippen molar-refractivity contribution < 1.29 is 4.79 Å². The lowest BCUT2D eigenvalue weighted by Gasteiger charge is -2.09. The third kappa shape index (κ3) is 3.84. The third-order valence-electron chi connectivity index (χ3n) is 4.75. The fourth-order valence-corrected chi connectivity index (χ4v) is 3.63. The molecule has 0 saturated carbocycles. The SMILES string of the molecule is CCC(=O)c1ccccc1-c1cn(-c2ccc(Cl)cc2)c(-c2ccccc2Cl)n1. The van der Waals surface area contributed by atoms with Gasteiger partial charge in [-0.05, 0) is 36.4 Å². The lowest BCUT2D eigenvalue weighted by molar-refractivity contribution is 0.0988. The van der Waals surface area contributed by atoms with Crippen LogP contribution in [0.3, 0.4) is 0 Å². The molecule has 4 rings (SSSR count). The second kappa shape index (κ2) is 8.24. The van der Waals surface area contributed by atoms with E-state index in [1.54, 1.807) is 0 Å². The average molecular weight is 421 g/mol. The highest BCUT2D eigenvalue weighted by Gasteiger charge is 2.18. The molecule has 29 heavy (non-hydrogen) atoms. The highest BCUT2D eigenvalue weighted by molar-refractivity contribution is 6.33. The van der Waals surface area contributed by atoms with E-state index in [4.69, 9.17) is 28.2 Å². The van der Waals surface area contributed by atoms with Crippen molar-refractivity contribution in [2.75, 3.05) is 0 Å². The van der Waals surface area contributed by atoms with E-state index in [1.165, 1.54) is 0 Å². The third-order valence-corrected chi connectivity index (χ3v) is 5.33. The number of carbonyl (C=O) groups is 1. The zero-order valence-electron chi connectivity index (χ0n) is 15.8. The van der Waals surface area contributed by atoms with Crippen LogP contribution in [0.1, 0.15) is 23.7 Å². The molecule has 0 atom stereocenters. The number of rotatable bonds is 5. The van der Waals surface area contributed by atoms with Crippen molar-refractivity contribution in [2.45, 2.75) is 13.3 Å². The van der Waals surface area contributed by atoms with E-state index in [2.05, 4.69) is 0 Å². The minimum atomic E-state index is 0.0842. The summed E-state index contributed by atoms with van der Waals surface area (Å²) in [7, 11) is 0. The van der Waals surface area contributed by atoms with Crippen LogP contribution in [-0.2, 0) is 0 Å². The van der Waals surface area contributed by atoms with Gasteiger partial charge in [0.25, 0.3) is 0 Å². The molecule has 0 aliphatic carbocycles. The van der Waals surface area contributed by atoms with Gasteiger partial charge in [0.1, 0.15) is 5.82 Å². The van der Waals surface area contributed by atoms with E-state index in [-0.39, 0.29) is 5.78 Å². The number of hydrogen-bond acceptors (Lipinski definition) is 2. The minimum Gasteiger partial charge on any atom is -0.299 e. The number of benzene rings is 3. The van der Waals surface area contributed by atoms with Gasteiger partial charge >= 0.3 is 0 Å². The van der Waals surface area contributed by atoms with Gasteiger partial charge in [-0.1, -0.05) is 66.5 Å². The van der Waals surface area contributed by atoms with Crippen molar-refractivity contribution in [3.8, 4) is 28.3 Å². The summed E-state index contributed by atoms with van der Waals surface area (Å²) in [4.78, 5) is 17.3. The lowest BCUT2D eigenvalue weighted by atomic mass is 10.0. The van der Waals surface area contributed by atoms with E-state index >= 15 is 0 Å². The first-order valence-corrected chi connectivity index (χ1v) is 10.1. The van der Waals surface area contributed by atoms with Crippen molar-refractivity contribution in [1.29, 1.82) is 0 Å². The predicted octanol–water partition coefficient (Wildman–Crippen LogP) is 7.11. The first-order chi connectivity index (χ1) is 14.1. The van der Waals surface area contributed by atoms with Gasteiger partial charge in [0.2, 0.25) is 0 Å². The van der Waals surface area contributed by atoms with Crippen molar-refractivity contribution in [2.24, 2.45) is 0 Å². The van der Waals surface area contributed by atoms with Crippen LogP contribution in [0.15, 0.2) is 79.0 Å². The quantitative estimate of drug-likeness (QED) is 0.322. The molecule has 0 unspecified atom stereocenters. The fraction of sp³-hybridized carbons (Fsp3) is 0.0833. The van der Waals surface area contributed by atoms with Gasteiger partial charge < -0.3 is 0 Å². The maximum absolute atomic E-state index is 12.5. The van der Waals surface area contributed by atoms with E-state index in [9.17, 15) is 4.79 Å². The number of aromatic nitrogens is 2. The molecular weight excluding hydrogens is 403 g/mol. The Labute approximate surface area is 179 Å². The van der Waals surface area contributed by atoms with Gasteiger partial charge in [0, 0.05) is 40.0 Å². The molecule has 0 amide bonds. The zero-order chi connectivity index (χ0) is 20.4. The number of carbonyl (C=O) groups excluding carboxylic acids is 1. The first kappa shape index (κ1) is 19.4. The summed E-state index contributed by atoms with van der Waals surface area (Å²) in [6.45, 7) is 1.86. The smallest absolute Gasteiger partial charge is 0.163 e. The molecule has 0 fully saturated rings. The van der Waals surface area contributed by atoms with Gasteiger partial charge in [0.15, 0.2) is 5.78 Å². The van der Waals surface area contributed by atoms with Gasteiger partial charge in [-0.25, -0.2) is 4.98 Å². The molecule has 0 saturated heterocycles. The Hall–Kier alpha value is -2.88. The van der Waals surface area contributed by atoms with Crippen LogP contribution in [0.5, 0.6) is 0 Å². The molecule has 3 aromatic carbocycles. The number of Topliss-reactive ketones (excluding diaryl/α,β-unsaturated/α-hetero) is 1. The zero-order valence-corrected chi connectivity index (χ0v) is 17.3. The van der Waals surface area contributed by atoms with Crippen LogP contribution in [0.2, 0.25) is 10.0 Å². The van der Waals surface area contributed by atoms with Crippen LogP contribution in [0.4, 0.5) is 0 Å². The molecule has 0 radical (unpaired) electrons. The van der Waals surface area contributed by atoms with Gasteiger partial charge in [-0.3, -0.25) is 9.36 Å². The minimum absolute atomic E-state index is 0.0842. The first-order valence-electron chi connectivity index (χ1n) is 9.31. The maximum atomic E-state index is 12.5. The summed E-state index contributed by atoms with van der Waals surface area (Å²) in [6, 6.07) is 22.7. The molecule has 4 aromatic rings. The second-order valence-corrected chi connectivity index (χ2v) is 7.44. The highest BCUT2D eigenvalue weighted by atomic mass is 35.5. The summed E-state index contributed by atoms with van der Waals surface area (Å²) in [5.74, 6) is 0.785. The van der Waals surface area contributed by atoms with Crippen LogP contribution in [0.25, 0.3) is 28.3 Å². The number of ketones is 1. The van der Waals surface area contributed by atoms with E-state index < -0.39 is 0 Å². The summed E-state index contributed by atoms with van der Waals surface area (Å²) in [5.41, 5.74) is 3.91. The molecule has 0 aliphatic rings. The van der Waals surface area contributed by atoms with Crippen LogP contribution in [-0.4, -0.2) is 15.3 Å². The molecule has 1 heterocycles. The van der Waals surface area contributed by atoms with Crippen molar-refractivity contribution in [3.05, 3.63) is 94.6 Å². The van der Waals surface area contributed by atoms with Crippen LogP contribution >= 0.6 is 23.2 Å². The Kier molecular flexibility index (Phi) is 5.52. The molecule has 3 nitrogen and oxygen atoms in total. The molecule has 0 aliphatic heterocycles. The largest absolute Gasteiger partial charge is 0.299 e. The topological polar surface area (TPSA) is 34.9 Å². The standard InChI is InChI=1S/C24H18Cl2N2O/c1-2-23(29)19-8-4-3-7-18(19)22-15-28(17-13-11-16(25)12-14-17)24(27-22)20-9-5-6-10-21(20)26/h3-15H,2H2,1H3. The predicted molar refractivity (Wildman–Crippen MR) is 119 cm³/mol. The van der Waals surface area contributed by atoms with Crippen molar-refractivity contribution in [3.63, 3.8) is 0 Å². The van der Waals surface area contributed by atoms with Crippen molar-refractivity contribution in [1.82, 2.24) is 9.55 Å². The fourth-order valence-electron chi connectivity index (χ4n) is 3.28.